The first kappa shape index (κ1) is 65.1. The van der Waals surface area contributed by atoms with E-state index in [0.717, 1.165) is 116 Å². The standard InChI is InChI=1S/C22H32O2.C20H30O2.C18H30O2/c1-2-3-4-5-6-7-8-9-10-11-12-13-14-15-16-17-18-19-20-21-22(23)24;1-2-3-4-5-6-7-8-9-10-11-12-13-14-15-16-17-18-19-20(21)22;1-2-3-4-5-6-7-8-9-10-11-12-13-14-15-16-17-18(19)20/h3-4,6-7,9-10,12-13,15-16,18-19H,2,5,8,11,14,17,20-21H2,1H3,(H,23,24);3-4,6-7,9-10,12-13,15-16H,2,5,8,11,14,17-19H2,1H3,(H,21,22);6-7,9-10,12-13H,2-5,8,11,14-17H2,1H3,(H,19,20)/b4-3-,7-6-,10-9-,13-12-,16-15-,19-18-;4-3-,7-6-,10-9-,13-12-,16-15-;7-6-,10-9-,13-12-. The molecular formula is C60H92O6. The number of allylic oxidation sites excluding steroid dienone is 28. The SMILES string of the molecule is CC/C=C\C/C=C\C/C=C\C/C=C\C/C=C\C/C=C\CCC(=O)O.CC/C=C\C/C=C\C/C=C\C/C=C\C/C=C\CCCC(=O)O.CCCCC/C=C\C/C=C\C/C=C\CCCCC(=O)O. The first-order valence-electron chi connectivity index (χ1n) is 25.1. The molecule has 0 saturated heterocycles. The van der Waals surface area contributed by atoms with Crippen molar-refractivity contribution in [2.24, 2.45) is 0 Å². The van der Waals surface area contributed by atoms with Crippen LogP contribution in [0.5, 0.6) is 0 Å². The number of rotatable bonds is 40. The number of carboxylic acid groups (broad SMARTS) is 3. The number of hydrogen-bond acceptors (Lipinski definition) is 3. The van der Waals surface area contributed by atoms with Crippen LogP contribution < -0.4 is 0 Å². The molecule has 368 valence electrons. The molecule has 0 radical (unpaired) electrons. The molecule has 0 atom stereocenters. The Labute approximate surface area is 403 Å². The summed E-state index contributed by atoms with van der Waals surface area (Å²) in [6, 6.07) is 0. The van der Waals surface area contributed by atoms with Crippen LogP contribution in [-0.2, 0) is 14.4 Å². The highest BCUT2D eigenvalue weighted by atomic mass is 16.4. The van der Waals surface area contributed by atoms with E-state index in [1.807, 2.05) is 12.2 Å². The third-order valence-corrected chi connectivity index (χ3v) is 9.07. The van der Waals surface area contributed by atoms with Crippen LogP contribution in [0.25, 0.3) is 0 Å². The third kappa shape index (κ3) is 73.2. The number of aliphatic carboxylic acids is 3. The van der Waals surface area contributed by atoms with E-state index in [1.54, 1.807) is 0 Å². The summed E-state index contributed by atoms with van der Waals surface area (Å²) in [7, 11) is 0. The molecule has 0 aromatic heterocycles. The molecule has 0 aliphatic carbocycles. The lowest BCUT2D eigenvalue weighted by Crippen LogP contribution is -1.92. The molecule has 0 saturated carbocycles. The van der Waals surface area contributed by atoms with E-state index in [0.29, 0.717) is 12.8 Å². The van der Waals surface area contributed by atoms with Crippen LogP contribution >= 0.6 is 0 Å². The molecule has 0 unspecified atom stereocenters. The smallest absolute Gasteiger partial charge is 0.303 e. The van der Waals surface area contributed by atoms with Crippen LogP contribution in [0.3, 0.4) is 0 Å². The Balaban J connectivity index is -0.000000906. The Hall–Kier alpha value is -5.23. The van der Waals surface area contributed by atoms with Crippen molar-refractivity contribution in [2.75, 3.05) is 0 Å². The summed E-state index contributed by atoms with van der Waals surface area (Å²) in [6.45, 7) is 6.52. The molecule has 0 spiro atoms. The molecule has 6 nitrogen and oxygen atoms in total. The second kappa shape index (κ2) is 61.9. The van der Waals surface area contributed by atoms with Gasteiger partial charge in [0.05, 0.1) is 0 Å². The van der Waals surface area contributed by atoms with Gasteiger partial charge in [-0.15, -0.1) is 0 Å². The molecule has 3 N–H and O–H groups in total. The molecule has 66 heavy (non-hydrogen) atoms. The van der Waals surface area contributed by atoms with E-state index in [2.05, 4.69) is 179 Å². The van der Waals surface area contributed by atoms with Gasteiger partial charge in [0.25, 0.3) is 0 Å². The van der Waals surface area contributed by atoms with Crippen molar-refractivity contribution in [2.45, 2.75) is 188 Å². The zero-order valence-corrected chi connectivity index (χ0v) is 41.6. The van der Waals surface area contributed by atoms with Crippen LogP contribution in [0.2, 0.25) is 0 Å². The lowest BCUT2D eigenvalue weighted by molar-refractivity contribution is -0.138. The predicted octanol–water partition coefficient (Wildman–Crippen LogP) is 18.2. The Morgan fingerprint density at radius 3 is 0.758 bits per heavy atom. The van der Waals surface area contributed by atoms with Gasteiger partial charge in [0, 0.05) is 19.3 Å². The van der Waals surface area contributed by atoms with Crippen LogP contribution in [-0.4, -0.2) is 33.2 Å². The monoisotopic (exact) mass is 909 g/mol. The Morgan fingerprint density at radius 1 is 0.258 bits per heavy atom. The lowest BCUT2D eigenvalue weighted by Gasteiger charge is -1.92. The molecule has 0 aliphatic heterocycles. The van der Waals surface area contributed by atoms with Crippen molar-refractivity contribution in [1.82, 2.24) is 0 Å². The van der Waals surface area contributed by atoms with Gasteiger partial charge in [-0.2, -0.15) is 0 Å². The van der Waals surface area contributed by atoms with E-state index in [9.17, 15) is 14.4 Å². The molecule has 0 fully saturated rings. The minimum absolute atomic E-state index is 0.210. The molecular weight excluding hydrogens is 817 g/mol. The van der Waals surface area contributed by atoms with E-state index in [1.165, 1.54) is 25.7 Å². The molecule has 6 heteroatoms. The number of carboxylic acids is 3. The average Bonchev–Trinajstić information content (AvgIpc) is 3.29. The zero-order chi connectivity index (χ0) is 48.9. The fraction of sp³-hybridized carbons (Fsp3) is 0.483. The fourth-order valence-electron chi connectivity index (χ4n) is 5.41. The maximum Gasteiger partial charge on any atom is 0.303 e. The lowest BCUT2D eigenvalue weighted by atomic mass is 10.2. The van der Waals surface area contributed by atoms with Gasteiger partial charge in [0.15, 0.2) is 0 Å². The van der Waals surface area contributed by atoms with E-state index in [4.69, 9.17) is 15.3 Å². The first-order valence-corrected chi connectivity index (χ1v) is 25.1. The van der Waals surface area contributed by atoms with Gasteiger partial charge < -0.3 is 15.3 Å². The molecule has 0 rings (SSSR count). The van der Waals surface area contributed by atoms with Crippen molar-refractivity contribution >= 4 is 17.9 Å². The molecule has 0 bridgehead atoms. The van der Waals surface area contributed by atoms with Crippen LogP contribution in [0.15, 0.2) is 170 Å². The Morgan fingerprint density at radius 2 is 0.485 bits per heavy atom. The van der Waals surface area contributed by atoms with E-state index >= 15 is 0 Å². The van der Waals surface area contributed by atoms with Gasteiger partial charge in [-0.3, -0.25) is 14.4 Å². The van der Waals surface area contributed by atoms with Gasteiger partial charge in [-0.25, -0.2) is 0 Å². The molecule has 0 aliphatic rings. The van der Waals surface area contributed by atoms with Gasteiger partial charge in [-0.1, -0.05) is 204 Å². The summed E-state index contributed by atoms with van der Waals surface area (Å²) >= 11 is 0. The summed E-state index contributed by atoms with van der Waals surface area (Å²) < 4.78 is 0. The van der Waals surface area contributed by atoms with Crippen molar-refractivity contribution < 1.29 is 29.7 Å². The number of unbranched alkanes of at least 4 members (excludes halogenated alkanes) is 6. The van der Waals surface area contributed by atoms with Crippen molar-refractivity contribution in [3.63, 3.8) is 0 Å². The second-order valence-corrected chi connectivity index (χ2v) is 15.4. The third-order valence-electron chi connectivity index (χ3n) is 9.07. The summed E-state index contributed by atoms with van der Waals surface area (Å²) in [5.74, 6) is -2.15. The molecule has 0 aromatic rings. The predicted molar refractivity (Wildman–Crippen MR) is 288 cm³/mol. The van der Waals surface area contributed by atoms with Crippen molar-refractivity contribution in [3.05, 3.63) is 170 Å². The summed E-state index contributed by atoms with van der Waals surface area (Å²) in [5, 5.41) is 25.5. The fourth-order valence-corrected chi connectivity index (χ4v) is 5.41. The maximum atomic E-state index is 10.3. The summed E-state index contributed by atoms with van der Waals surface area (Å²) in [4.78, 5) is 30.9. The van der Waals surface area contributed by atoms with Gasteiger partial charge >= 0.3 is 17.9 Å². The summed E-state index contributed by atoms with van der Waals surface area (Å²) in [5.41, 5.74) is 0. The highest BCUT2D eigenvalue weighted by Gasteiger charge is 1.94. The van der Waals surface area contributed by atoms with Gasteiger partial charge in [-0.05, 0) is 135 Å². The topological polar surface area (TPSA) is 112 Å². The van der Waals surface area contributed by atoms with Crippen LogP contribution in [0.4, 0.5) is 0 Å². The number of hydrogen-bond donors (Lipinski definition) is 3. The van der Waals surface area contributed by atoms with Crippen LogP contribution in [0, 0.1) is 0 Å². The molecule has 0 heterocycles. The second-order valence-electron chi connectivity index (χ2n) is 15.4. The highest BCUT2D eigenvalue weighted by molar-refractivity contribution is 5.67. The Kier molecular flexibility index (Phi) is 61.0. The maximum absolute atomic E-state index is 10.3. The normalized spacial score (nSPS) is 12.7. The van der Waals surface area contributed by atoms with E-state index in [-0.39, 0.29) is 12.8 Å². The Bertz CT molecular complexity index is 1520. The largest absolute Gasteiger partial charge is 0.481 e. The highest BCUT2D eigenvalue weighted by Crippen LogP contribution is 2.04. The minimum Gasteiger partial charge on any atom is -0.481 e. The van der Waals surface area contributed by atoms with Crippen molar-refractivity contribution in [3.8, 4) is 0 Å². The molecule has 0 amide bonds. The number of carbonyl (C=O) groups is 3. The summed E-state index contributed by atoms with van der Waals surface area (Å²) in [6.07, 6.45) is 84.2. The zero-order valence-electron chi connectivity index (χ0n) is 41.6. The van der Waals surface area contributed by atoms with Crippen molar-refractivity contribution in [1.29, 1.82) is 0 Å². The van der Waals surface area contributed by atoms with Gasteiger partial charge in [0.1, 0.15) is 0 Å². The van der Waals surface area contributed by atoms with Crippen LogP contribution in [0.1, 0.15) is 188 Å². The minimum atomic E-state index is -0.741. The van der Waals surface area contributed by atoms with E-state index < -0.39 is 17.9 Å². The molecule has 0 aromatic carbocycles. The average molecular weight is 909 g/mol. The quantitative estimate of drug-likeness (QED) is 0.0417. The van der Waals surface area contributed by atoms with Gasteiger partial charge in [0.2, 0.25) is 0 Å². The first-order chi connectivity index (χ1) is 32.3.